The summed E-state index contributed by atoms with van der Waals surface area (Å²) in [6.07, 6.45) is -1.04. The van der Waals surface area contributed by atoms with Gasteiger partial charge >= 0.3 is 0 Å². The van der Waals surface area contributed by atoms with Gasteiger partial charge in [0.05, 0.1) is 12.6 Å². The second-order valence-corrected chi connectivity index (χ2v) is 9.21. The summed E-state index contributed by atoms with van der Waals surface area (Å²) < 4.78 is 40.1. The van der Waals surface area contributed by atoms with Crippen LogP contribution in [0.1, 0.15) is 23.2 Å². The van der Waals surface area contributed by atoms with Crippen molar-refractivity contribution >= 4 is 37.4 Å². The maximum Gasteiger partial charge on any atom is 0.280 e. The topological polar surface area (TPSA) is 74.4 Å². The van der Waals surface area contributed by atoms with E-state index in [9.17, 15) is 8.78 Å². The second-order valence-electron chi connectivity index (χ2n) is 8.21. The third-order valence-electron chi connectivity index (χ3n) is 5.88. The Kier molecular flexibility index (Phi) is 5.45. The zero-order valence-electron chi connectivity index (χ0n) is 19.3. The number of aromatic nitrogens is 5. The summed E-state index contributed by atoms with van der Waals surface area (Å²) in [7, 11) is 1.61. The highest BCUT2D eigenvalue weighted by atomic mass is 32.1. The summed E-state index contributed by atoms with van der Waals surface area (Å²) in [4.78, 5) is 14.0. The number of methoxy groups -OCH3 is 1. The third kappa shape index (κ3) is 3.79. The molecule has 0 bridgehead atoms. The fourth-order valence-electron chi connectivity index (χ4n) is 4.12. The number of pyridine rings is 1. The SMILES string of the molecule is COc1ccccc1OCc1ccc(-c2nc3c4sc5nc(C(F)F)cc(C)c5c4ncn3n2)cc1. The summed E-state index contributed by atoms with van der Waals surface area (Å²) in [6.45, 7) is 2.18. The molecule has 0 saturated heterocycles. The van der Waals surface area contributed by atoms with Crippen molar-refractivity contribution < 1.29 is 18.3 Å². The minimum Gasteiger partial charge on any atom is -0.493 e. The van der Waals surface area contributed by atoms with Crippen molar-refractivity contribution in [2.45, 2.75) is 20.0 Å². The molecule has 6 rings (SSSR count). The van der Waals surface area contributed by atoms with E-state index in [4.69, 9.17) is 14.5 Å². The van der Waals surface area contributed by atoms with Crippen LogP contribution in [0.25, 0.3) is 37.5 Å². The van der Waals surface area contributed by atoms with Gasteiger partial charge in [-0.1, -0.05) is 36.4 Å². The summed E-state index contributed by atoms with van der Waals surface area (Å²) in [5.74, 6) is 1.90. The van der Waals surface area contributed by atoms with E-state index < -0.39 is 6.43 Å². The van der Waals surface area contributed by atoms with Crippen LogP contribution in [-0.2, 0) is 6.61 Å². The lowest BCUT2D eigenvalue weighted by Crippen LogP contribution is -1.97. The van der Waals surface area contributed by atoms with Crippen molar-refractivity contribution in [3.63, 3.8) is 0 Å². The van der Waals surface area contributed by atoms with Crippen LogP contribution in [0.5, 0.6) is 11.5 Å². The van der Waals surface area contributed by atoms with Gasteiger partial charge in [0, 0.05) is 10.9 Å². The maximum absolute atomic E-state index is 13.3. The number of ether oxygens (including phenoxy) is 2. The maximum atomic E-state index is 13.3. The predicted molar refractivity (Wildman–Crippen MR) is 134 cm³/mol. The largest absolute Gasteiger partial charge is 0.493 e. The van der Waals surface area contributed by atoms with Crippen LogP contribution in [0.4, 0.5) is 8.78 Å². The molecule has 180 valence electrons. The molecule has 7 nitrogen and oxygen atoms in total. The van der Waals surface area contributed by atoms with Crippen LogP contribution in [0.3, 0.4) is 0 Å². The van der Waals surface area contributed by atoms with Gasteiger partial charge in [-0.05, 0) is 36.2 Å². The van der Waals surface area contributed by atoms with Gasteiger partial charge in [0.15, 0.2) is 23.0 Å². The van der Waals surface area contributed by atoms with Crippen LogP contribution in [0.2, 0.25) is 0 Å². The van der Waals surface area contributed by atoms with E-state index in [-0.39, 0.29) is 5.69 Å². The van der Waals surface area contributed by atoms with Crippen molar-refractivity contribution in [3.8, 4) is 22.9 Å². The second kappa shape index (κ2) is 8.80. The number of alkyl halides is 2. The summed E-state index contributed by atoms with van der Waals surface area (Å²) in [6, 6.07) is 16.7. The van der Waals surface area contributed by atoms with E-state index in [0.29, 0.717) is 45.5 Å². The molecule has 0 aliphatic heterocycles. The van der Waals surface area contributed by atoms with Gasteiger partial charge in [-0.25, -0.2) is 28.2 Å². The third-order valence-corrected chi connectivity index (χ3v) is 6.95. The molecule has 4 aromatic heterocycles. The van der Waals surface area contributed by atoms with Crippen molar-refractivity contribution in [1.82, 2.24) is 24.6 Å². The zero-order valence-corrected chi connectivity index (χ0v) is 20.1. The molecule has 2 aromatic carbocycles. The molecule has 36 heavy (non-hydrogen) atoms. The van der Waals surface area contributed by atoms with Gasteiger partial charge in [0.25, 0.3) is 6.43 Å². The number of hydrogen-bond acceptors (Lipinski definition) is 7. The number of benzene rings is 2. The Morgan fingerprint density at radius 3 is 2.56 bits per heavy atom. The van der Waals surface area contributed by atoms with E-state index in [0.717, 1.165) is 21.2 Å². The Labute approximate surface area is 208 Å². The molecule has 6 aromatic rings. The van der Waals surface area contributed by atoms with Gasteiger partial charge in [-0.15, -0.1) is 16.4 Å². The fraction of sp³-hybridized carbons (Fsp3) is 0.154. The predicted octanol–water partition coefficient (Wildman–Crippen LogP) is 6.39. The molecule has 0 unspecified atom stereocenters. The van der Waals surface area contributed by atoms with Crippen molar-refractivity contribution in [2.75, 3.05) is 7.11 Å². The number of para-hydroxylation sites is 2. The zero-order chi connectivity index (χ0) is 24.8. The van der Waals surface area contributed by atoms with Gasteiger partial charge in [-0.2, -0.15) is 0 Å². The molecular formula is C26H19F2N5O2S. The van der Waals surface area contributed by atoms with Crippen molar-refractivity contribution in [2.24, 2.45) is 0 Å². The number of aryl methyl sites for hydroxylation is 1. The molecule has 0 atom stereocenters. The van der Waals surface area contributed by atoms with Crippen molar-refractivity contribution in [1.29, 1.82) is 0 Å². The van der Waals surface area contributed by atoms with Crippen LogP contribution < -0.4 is 9.47 Å². The van der Waals surface area contributed by atoms with E-state index >= 15 is 0 Å². The number of fused-ring (bicyclic) bond motifs is 5. The van der Waals surface area contributed by atoms with Crippen molar-refractivity contribution in [3.05, 3.63) is 77.7 Å². The Balaban J connectivity index is 1.32. The average molecular weight is 504 g/mol. The van der Waals surface area contributed by atoms with E-state index in [2.05, 4.69) is 15.1 Å². The summed E-state index contributed by atoms with van der Waals surface area (Å²) in [5.41, 5.74) is 3.60. The molecule has 0 spiro atoms. The molecule has 0 aliphatic rings. The highest BCUT2D eigenvalue weighted by molar-refractivity contribution is 7.26. The smallest absolute Gasteiger partial charge is 0.280 e. The molecule has 0 fully saturated rings. The van der Waals surface area contributed by atoms with Crippen LogP contribution in [-0.4, -0.2) is 31.7 Å². The lowest BCUT2D eigenvalue weighted by atomic mass is 10.1. The molecule has 0 radical (unpaired) electrons. The van der Waals surface area contributed by atoms with E-state index in [1.54, 1.807) is 24.9 Å². The monoisotopic (exact) mass is 503 g/mol. The number of halogens is 2. The van der Waals surface area contributed by atoms with Gasteiger partial charge in [0.2, 0.25) is 0 Å². The minimum atomic E-state index is -2.63. The number of thiophene rings is 1. The molecule has 0 aliphatic carbocycles. The number of nitrogens with zero attached hydrogens (tertiary/aromatic N) is 5. The first kappa shape index (κ1) is 22.3. The Morgan fingerprint density at radius 1 is 1.03 bits per heavy atom. The highest BCUT2D eigenvalue weighted by Crippen LogP contribution is 2.37. The van der Waals surface area contributed by atoms with Gasteiger partial charge in [0.1, 0.15) is 28.2 Å². The molecule has 0 saturated carbocycles. The molecule has 0 N–H and O–H groups in total. The van der Waals surface area contributed by atoms with Crippen LogP contribution in [0.15, 0.2) is 60.9 Å². The Hall–Kier alpha value is -4.18. The fourth-order valence-corrected chi connectivity index (χ4v) is 5.30. The first-order chi connectivity index (χ1) is 17.5. The number of hydrogen-bond donors (Lipinski definition) is 0. The molecule has 0 amide bonds. The first-order valence-electron chi connectivity index (χ1n) is 11.1. The van der Waals surface area contributed by atoms with Crippen LogP contribution >= 0.6 is 11.3 Å². The molecule has 10 heteroatoms. The molecule has 4 heterocycles. The van der Waals surface area contributed by atoms with Gasteiger partial charge < -0.3 is 9.47 Å². The minimum absolute atomic E-state index is 0.237. The van der Waals surface area contributed by atoms with Crippen LogP contribution in [0, 0.1) is 6.92 Å². The summed E-state index contributed by atoms with van der Waals surface area (Å²) >= 11 is 1.30. The average Bonchev–Trinajstić information content (AvgIpc) is 3.49. The normalized spacial score (nSPS) is 11.7. The standard InChI is InChI=1S/C26H19F2N5O2S/c1-14-11-17(23(27)28)30-26-20(14)21-22(36-26)25-31-24(32-33(25)13-29-21)16-9-7-15(8-10-16)12-35-19-6-4-3-5-18(19)34-2/h3-11,13,23H,12H2,1-2H3. The first-order valence-corrected chi connectivity index (χ1v) is 11.9. The quantitative estimate of drug-likeness (QED) is 0.262. The van der Waals surface area contributed by atoms with E-state index in [1.165, 1.54) is 17.4 Å². The lowest BCUT2D eigenvalue weighted by molar-refractivity contribution is 0.146. The Morgan fingerprint density at radius 2 is 1.81 bits per heavy atom. The lowest BCUT2D eigenvalue weighted by Gasteiger charge is -2.10. The summed E-state index contributed by atoms with van der Waals surface area (Å²) in [5, 5.41) is 5.35. The van der Waals surface area contributed by atoms with Gasteiger partial charge in [-0.3, -0.25) is 0 Å². The highest BCUT2D eigenvalue weighted by Gasteiger charge is 2.19. The molecular weight excluding hydrogens is 484 g/mol. The Bertz CT molecular complexity index is 1730. The van der Waals surface area contributed by atoms with E-state index in [1.807, 2.05) is 48.5 Å². The number of rotatable bonds is 6.